The van der Waals surface area contributed by atoms with E-state index in [1.165, 1.54) is 6.42 Å². The van der Waals surface area contributed by atoms with Gasteiger partial charge in [0, 0.05) is 11.3 Å². The summed E-state index contributed by atoms with van der Waals surface area (Å²) in [7, 11) is 0. The summed E-state index contributed by atoms with van der Waals surface area (Å²) in [6, 6.07) is 4.09. The highest BCUT2D eigenvalue weighted by Crippen LogP contribution is 2.48. The Balaban J connectivity index is 1.86. The molecule has 2 heterocycles. The van der Waals surface area contributed by atoms with E-state index in [4.69, 9.17) is 16.0 Å². The van der Waals surface area contributed by atoms with Crippen molar-refractivity contribution in [1.29, 1.82) is 0 Å². The van der Waals surface area contributed by atoms with Crippen LogP contribution in [0.1, 0.15) is 30.7 Å². The molecule has 1 saturated carbocycles. The average molecular weight is 254 g/mol. The lowest BCUT2D eigenvalue weighted by molar-refractivity contribution is 0.518. The first kappa shape index (κ1) is 10.4. The second-order valence-corrected chi connectivity index (χ2v) is 5.42. The quantitative estimate of drug-likeness (QED) is 0.764. The minimum Gasteiger partial charge on any atom is -0.458 e. The second kappa shape index (κ2) is 3.90. The van der Waals surface area contributed by atoms with Gasteiger partial charge >= 0.3 is 0 Å². The molecule has 16 heavy (non-hydrogen) atoms. The predicted molar refractivity (Wildman–Crippen MR) is 65.9 cm³/mol. The van der Waals surface area contributed by atoms with Gasteiger partial charge in [-0.25, -0.2) is 4.98 Å². The minimum absolute atomic E-state index is 0.462. The van der Waals surface area contributed by atoms with Crippen molar-refractivity contribution in [2.75, 3.05) is 0 Å². The number of nitrogens with zero attached hydrogens (tertiary/aromatic N) is 1. The monoisotopic (exact) mass is 253 g/mol. The van der Waals surface area contributed by atoms with Gasteiger partial charge in [-0.15, -0.1) is 22.9 Å². The van der Waals surface area contributed by atoms with Crippen LogP contribution in [0.4, 0.5) is 0 Å². The summed E-state index contributed by atoms with van der Waals surface area (Å²) >= 11 is 7.31. The van der Waals surface area contributed by atoms with Gasteiger partial charge in [-0.3, -0.25) is 0 Å². The van der Waals surface area contributed by atoms with Crippen molar-refractivity contribution in [3.05, 3.63) is 29.0 Å². The lowest BCUT2D eigenvalue weighted by Crippen LogP contribution is -1.77. The smallest absolute Gasteiger partial charge is 0.162 e. The van der Waals surface area contributed by atoms with E-state index in [1.807, 2.05) is 11.4 Å². The number of alkyl halides is 1. The van der Waals surface area contributed by atoms with Crippen molar-refractivity contribution < 1.29 is 4.42 Å². The molecule has 3 rings (SSSR count). The highest BCUT2D eigenvalue weighted by molar-refractivity contribution is 7.13. The molecule has 0 N–H and O–H groups in total. The first-order valence-electron chi connectivity index (χ1n) is 5.38. The zero-order valence-corrected chi connectivity index (χ0v) is 10.5. The van der Waals surface area contributed by atoms with Gasteiger partial charge in [0.1, 0.15) is 5.76 Å². The Morgan fingerprint density at radius 3 is 3.00 bits per heavy atom. The highest BCUT2D eigenvalue weighted by Gasteiger charge is 2.36. The van der Waals surface area contributed by atoms with Crippen LogP contribution in [-0.4, -0.2) is 4.98 Å². The highest BCUT2D eigenvalue weighted by atomic mass is 35.5. The van der Waals surface area contributed by atoms with Crippen LogP contribution in [0.25, 0.3) is 10.8 Å². The van der Waals surface area contributed by atoms with Gasteiger partial charge in [0.2, 0.25) is 0 Å². The van der Waals surface area contributed by atoms with E-state index < -0.39 is 0 Å². The lowest BCUT2D eigenvalue weighted by atomic mass is 10.3. The summed E-state index contributed by atoms with van der Waals surface area (Å²) in [5.41, 5.74) is 0.916. The third-order valence-electron chi connectivity index (χ3n) is 3.00. The molecule has 2 atom stereocenters. The summed E-state index contributed by atoms with van der Waals surface area (Å²) in [4.78, 5) is 4.40. The van der Waals surface area contributed by atoms with Crippen molar-refractivity contribution >= 4 is 22.9 Å². The molecule has 4 heteroatoms. The molecule has 1 aliphatic carbocycles. The van der Waals surface area contributed by atoms with Crippen molar-refractivity contribution in [1.82, 2.24) is 4.98 Å². The van der Waals surface area contributed by atoms with E-state index in [2.05, 4.69) is 18.0 Å². The first-order valence-corrected chi connectivity index (χ1v) is 6.80. The first-order chi connectivity index (χ1) is 7.78. The number of halogens is 1. The van der Waals surface area contributed by atoms with E-state index in [0.717, 1.165) is 28.1 Å². The van der Waals surface area contributed by atoms with Crippen LogP contribution in [0.15, 0.2) is 21.9 Å². The summed E-state index contributed by atoms with van der Waals surface area (Å²) < 4.78 is 5.83. The van der Waals surface area contributed by atoms with Crippen LogP contribution in [0.5, 0.6) is 0 Å². The maximum atomic E-state index is 5.83. The number of thiazole rings is 1. The van der Waals surface area contributed by atoms with Crippen molar-refractivity contribution in [3.63, 3.8) is 0 Å². The Bertz CT molecular complexity index is 505. The van der Waals surface area contributed by atoms with Gasteiger partial charge in [-0.2, -0.15) is 0 Å². The van der Waals surface area contributed by atoms with Crippen LogP contribution in [0, 0.1) is 5.92 Å². The van der Waals surface area contributed by atoms with Crippen LogP contribution in [0.2, 0.25) is 0 Å². The topological polar surface area (TPSA) is 26.0 Å². The fourth-order valence-corrected chi connectivity index (χ4v) is 2.88. The third-order valence-corrected chi connectivity index (χ3v) is 4.18. The molecule has 0 saturated heterocycles. The maximum absolute atomic E-state index is 5.83. The fraction of sp³-hybridized carbons (Fsp3) is 0.417. The summed E-state index contributed by atoms with van der Waals surface area (Å²) in [5, 5.41) is 2.90. The largest absolute Gasteiger partial charge is 0.458 e. The maximum Gasteiger partial charge on any atom is 0.162 e. The molecule has 0 spiro atoms. The molecular weight excluding hydrogens is 242 g/mol. The van der Waals surface area contributed by atoms with E-state index in [1.54, 1.807) is 11.3 Å². The van der Waals surface area contributed by atoms with Crippen LogP contribution < -0.4 is 0 Å². The Morgan fingerprint density at radius 1 is 1.56 bits per heavy atom. The van der Waals surface area contributed by atoms with Crippen molar-refractivity contribution in [3.8, 4) is 10.8 Å². The molecule has 1 aliphatic rings. The van der Waals surface area contributed by atoms with Gasteiger partial charge in [0.05, 0.1) is 11.6 Å². The molecule has 2 aromatic rings. The van der Waals surface area contributed by atoms with Crippen molar-refractivity contribution in [2.24, 2.45) is 5.92 Å². The molecule has 1 fully saturated rings. The Kier molecular flexibility index (Phi) is 2.52. The number of hydrogen-bond acceptors (Lipinski definition) is 3. The number of rotatable bonds is 3. The molecule has 2 nitrogen and oxygen atoms in total. The van der Waals surface area contributed by atoms with Crippen molar-refractivity contribution in [2.45, 2.75) is 25.1 Å². The zero-order valence-electron chi connectivity index (χ0n) is 8.94. The fourth-order valence-electron chi connectivity index (χ4n) is 1.87. The molecule has 0 amide bonds. The molecule has 0 aliphatic heterocycles. The third kappa shape index (κ3) is 1.78. The van der Waals surface area contributed by atoms with Gasteiger partial charge < -0.3 is 4.42 Å². The molecule has 0 bridgehead atoms. The van der Waals surface area contributed by atoms with Crippen LogP contribution in [0.3, 0.4) is 0 Å². The average Bonchev–Trinajstić information content (AvgIpc) is 2.80. The number of hydrogen-bond donors (Lipinski definition) is 0. The molecular formula is C12H12ClNOS. The summed E-state index contributed by atoms with van der Waals surface area (Å²) in [5.74, 6) is 3.83. The predicted octanol–water partition coefficient (Wildman–Crippen LogP) is 4.27. The second-order valence-electron chi connectivity index (χ2n) is 4.30. The molecule has 0 aromatic carbocycles. The standard InChI is InChI=1S/C12H12ClNOS/c1-7-4-9(7)10-2-3-11(15-10)12-14-8(5-13)6-16-12/h2-3,6-7,9H,4-5H2,1H3. The normalized spacial score (nSPS) is 23.6. The molecule has 0 radical (unpaired) electrons. The van der Waals surface area contributed by atoms with Gasteiger partial charge in [0.15, 0.2) is 10.8 Å². The van der Waals surface area contributed by atoms with E-state index in [9.17, 15) is 0 Å². The molecule has 2 unspecified atom stereocenters. The number of furan rings is 1. The number of aromatic nitrogens is 1. The molecule has 84 valence electrons. The van der Waals surface area contributed by atoms with E-state index in [0.29, 0.717) is 11.8 Å². The van der Waals surface area contributed by atoms with Gasteiger partial charge in [-0.05, 0) is 24.5 Å². The van der Waals surface area contributed by atoms with Gasteiger partial charge in [0.25, 0.3) is 0 Å². The lowest BCUT2D eigenvalue weighted by Gasteiger charge is -1.91. The Morgan fingerprint density at radius 2 is 2.38 bits per heavy atom. The van der Waals surface area contributed by atoms with Crippen LogP contribution >= 0.6 is 22.9 Å². The zero-order chi connectivity index (χ0) is 11.1. The SMILES string of the molecule is CC1CC1c1ccc(-c2nc(CCl)cs2)o1. The van der Waals surface area contributed by atoms with E-state index >= 15 is 0 Å². The summed E-state index contributed by atoms with van der Waals surface area (Å²) in [6.45, 7) is 2.25. The van der Waals surface area contributed by atoms with E-state index in [-0.39, 0.29) is 0 Å². The Labute approximate surface area is 103 Å². The minimum atomic E-state index is 0.462. The Hall–Kier alpha value is -0.800. The molecule has 2 aromatic heterocycles. The van der Waals surface area contributed by atoms with Gasteiger partial charge in [-0.1, -0.05) is 6.92 Å². The summed E-state index contributed by atoms with van der Waals surface area (Å²) in [6.07, 6.45) is 1.25. The van der Waals surface area contributed by atoms with Crippen LogP contribution in [-0.2, 0) is 5.88 Å².